The van der Waals surface area contributed by atoms with Gasteiger partial charge in [-0.2, -0.15) is 10.1 Å². The van der Waals surface area contributed by atoms with Crippen molar-refractivity contribution in [3.8, 4) is 0 Å². The summed E-state index contributed by atoms with van der Waals surface area (Å²) >= 11 is 0. The second-order valence-corrected chi connectivity index (χ2v) is 9.13. The van der Waals surface area contributed by atoms with E-state index in [9.17, 15) is 0 Å². The highest BCUT2D eigenvalue weighted by molar-refractivity contribution is 5.41. The van der Waals surface area contributed by atoms with Gasteiger partial charge in [0.25, 0.3) is 0 Å². The third-order valence-electron chi connectivity index (χ3n) is 5.94. The number of aromatic nitrogens is 4. The monoisotopic (exact) mass is 394 g/mol. The van der Waals surface area contributed by atoms with E-state index in [0.717, 1.165) is 17.9 Å². The van der Waals surface area contributed by atoms with Crippen LogP contribution in [0.15, 0.2) is 28.9 Å². The van der Waals surface area contributed by atoms with Crippen LogP contribution in [0.3, 0.4) is 0 Å². The molecule has 1 aliphatic rings. The molecular formula is C23H30N4O2. The first-order valence-corrected chi connectivity index (χ1v) is 10.3. The molecule has 1 saturated heterocycles. The highest BCUT2D eigenvalue weighted by Gasteiger charge is 2.36. The summed E-state index contributed by atoms with van der Waals surface area (Å²) in [6.07, 6.45) is 3.25. The summed E-state index contributed by atoms with van der Waals surface area (Å²) in [6, 6.07) is 6.56. The molecule has 1 fully saturated rings. The molecule has 0 N–H and O–H groups in total. The summed E-state index contributed by atoms with van der Waals surface area (Å²) in [4.78, 5) is 4.74. The minimum absolute atomic E-state index is 0.0668. The number of aryl methyl sites for hydroxylation is 3. The van der Waals surface area contributed by atoms with Gasteiger partial charge in [-0.3, -0.25) is 4.68 Å². The summed E-state index contributed by atoms with van der Waals surface area (Å²) in [5.74, 6) is 1.45. The predicted octanol–water partition coefficient (Wildman–Crippen LogP) is 4.55. The van der Waals surface area contributed by atoms with Crippen molar-refractivity contribution in [2.45, 2.75) is 64.9 Å². The third kappa shape index (κ3) is 3.86. The van der Waals surface area contributed by atoms with Crippen molar-refractivity contribution in [3.63, 3.8) is 0 Å². The van der Waals surface area contributed by atoms with E-state index in [0.29, 0.717) is 18.9 Å². The summed E-state index contributed by atoms with van der Waals surface area (Å²) in [5.41, 5.74) is 6.35. The lowest BCUT2D eigenvalue weighted by Crippen LogP contribution is -2.13. The van der Waals surface area contributed by atoms with Gasteiger partial charge < -0.3 is 9.26 Å². The Morgan fingerprint density at radius 2 is 1.90 bits per heavy atom. The maximum atomic E-state index is 5.97. The molecule has 0 radical (unpaired) electrons. The Kier molecular flexibility index (Phi) is 5.07. The number of hydrogen-bond donors (Lipinski definition) is 0. The second kappa shape index (κ2) is 7.41. The Labute approximate surface area is 172 Å². The molecule has 1 aromatic carbocycles. The maximum Gasteiger partial charge on any atom is 0.232 e. The Bertz CT molecular complexity index is 989. The van der Waals surface area contributed by atoms with E-state index in [1.807, 2.05) is 17.8 Å². The molecule has 2 aromatic heterocycles. The van der Waals surface area contributed by atoms with E-state index in [1.54, 1.807) is 6.20 Å². The van der Waals surface area contributed by atoms with Gasteiger partial charge in [-0.1, -0.05) is 38.1 Å². The number of hydrogen-bond acceptors (Lipinski definition) is 5. The standard InChI is InChI=1S/C23H30N4O2/c1-14-11-16(23(3,4)5)12-15(2)18(14)13-20-25-22(29-26-20)17-8-10-28-21(17)19-7-9-24-27(19)6/h7,9,11-12,17,21H,8,10,13H2,1-6H3/t17-,21-/m1/s1. The van der Waals surface area contributed by atoms with Crippen LogP contribution in [-0.2, 0) is 23.6 Å². The third-order valence-corrected chi connectivity index (χ3v) is 5.94. The maximum absolute atomic E-state index is 5.97. The van der Waals surface area contributed by atoms with Crippen molar-refractivity contribution >= 4 is 0 Å². The zero-order chi connectivity index (χ0) is 20.8. The normalized spacial score (nSPS) is 19.8. The fourth-order valence-electron chi connectivity index (χ4n) is 4.15. The van der Waals surface area contributed by atoms with Gasteiger partial charge in [-0.25, -0.2) is 0 Å². The van der Waals surface area contributed by atoms with Crippen LogP contribution in [0.2, 0.25) is 0 Å². The lowest BCUT2D eigenvalue weighted by Gasteiger charge is -2.22. The Morgan fingerprint density at radius 1 is 1.17 bits per heavy atom. The first-order chi connectivity index (χ1) is 13.7. The molecule has 6 nitrogen and oxygen atoms in total. The quantitative estimate of drug-likeness (QED) is 0.649. The van der Waals surface area contributed by atoms with Crippen LogP contribution in [-0.4, -0.2) is 26.5 Å². The van der Waals surface area contributed by atoms with Crippen molar-refractivity contribution in [1.29, 1.82) is 0 Å². The van der Waals surface area contributed by atoms with Gasteiger partial charge in [-0.15, -0.1) is 0 Å². The fraction of sp³-hybridized carbons (Fsp3) is 0.522. The molecule has 154 valence electrons. The van der Waals surface area contributed by atoms with Gasteiger partial charge in [0, 0.05) is 26.3 Å². The molecule has 2 atom stereocenters. The molecule has 0 bridgehead atoms. The number of benzene rings is 1. The van der Waals surface area contributed by atoms with Crippen LogP contribution in [0.25, 0.3) is 0 Å². The Balaban J connectivity index is 1.57. The molecule has 0 amide bonds. The molecule has 29 heavy (non-hydrogen) atoms. The van der Waals surface area contributed by atoms with Gasteiger partial charge in [-0.05, 0) is 54.0 Å². The topological polar surface area (TPSA) is 66.0 Å². The van der Waals surface area contributed by atoms with E-state index in [-0.39, 0.29) is 17.4 Å². The lowest BCUT2D eigenvalue weighted by atomic mass is 9.83. The first kappa shape index (κ1) is 19.8. The van der Waals surface area contributed by atoms with Crippen LogP contribution in [0.4, 0.5) is 0 Å². The van der Waals surface area contributed by atoms with E-state index in [1.165, 1.54) is 22.3 Å². The summed E-state index contributed by atoms with van der Waals surface area (Å²) < 4.78 is 13.5. The molecule has 0 unspecified atom stereocenters. The molecule has 3 aromatic rings. The highest BCUT2D eigenvalue weighted by atomic mass is 16.5. The largest absolute Gasteiger partial charge is 0.371 e. The van der Waals surface area contributed by atoms with E-state index in [4.69, 9.17) is 14.2 Å². The smallest absolute Gasteiger partial charge is 0.232 e. The van der Waals surface area contributed by atoms with Crippen molar-refractivity contribution in [1.82, 2.24) is 19.9 Å². The number of ether oxygens (including phenoxy) is 1. The van der Waals surface area contributed by atoms with Gasteiger partial charge in [0.2, 0.25) is 5.89 Å². The van der Waals surface area contributed by atoms with Crippen LogP contribution in [0.5, 0.6) is 0 Å². The molecule has 6 heteroatoms. The van der Waals surface area contributed by atoms with Gasteiger partial charge in [0.1, 0.15) is 6.10 Å². The lowest BCUT2D eigenvalue weighted by molar-refractivity contribution is 0.0921. The molecule has 0 spiro atoms. The molecule has 1 aliphatic heterocycles. The van der Waals surface area contributed by atoms with Crippen molar-refractivity contribution in [3.05, 3.63) is 64.1 Å². The molecular weight excluding hydrogens is 364 g/mol. The predicted molar refractivity (Wildman–Crippen MR) is 111 cm³/mol. The van der Waals surface area contributed by atoms with Gasteiger partial charge in [0.05, 0.1) is 11.6 Å². The van der Waals surface area contributed by atoms with Crippen LogP contribution in [0, 0.1) is 13.8 Å². The SMILES string of the molecule is Cc1cc(C(C)(C)C)cc(C)c1Cc1noc([C@@H]2CCO[C@H]2c2ccnn2C)n1. The summed E-state index contributed by atoms with van der Waals surface area (Å²) in [6.45, 7) is 11.8. The molecule has 0 aliphatic carbocycles. The van der Waals surface area contributed by atoms with Crippen LogP contribution in [0.1, 0.15) is 78.9 Å². The van der Waals surface area contributed by atoms with Crippen molar-refractivity contribution in [2.24, 2.45) is 7.05 Å². The average molecular weight is 395 g/mol. The fourth-order valence-corrected chi connectivity index (χ4v) is 4.15. The van der Waals surface area contributed by atoms with Crippen LogP contribution < -0.4 is 0 Å². The number of rotatable bonds is 4. The zero-order valence-corrected chi connectivity index (χ0v) is 18.2. The van der Waals surface area contributed by atoms with Crippen LogP contribution >= 0.6 is 0 Å². The van der Waals surface area contributed by atoms with Gasteiger partial charge in [0.15, 0.2) is 5.82 Å². The van der Waals surface area contributed by atoms with E-state index < -0.39 is 0 Å². The first-order valence-electron chi connectivity index (χ1n) is 10.3. The Morgan fingerprint density at radius 3 is 2.52 bits per heavy atom. The molecule has 0 saturated carbocycles. The van der Waals surface area contributed by atoms with Gasteiger partial charge >= 0.3 is 0 Å². The minimum atomic E-state index is -0.0923. The molecule has 3 heterocycles. The Hall–Kier alpha value is -2.47. The van der Waals surface area contributed by atoms with E-state index >= 15 is 0 Å². The van der Waals surface area contributed by atoms with Crippen molar-refractivity contribution in [2.75, 3.05) is 6.61 Å². The minimum Gasteiger partial charge on any atom is -0.371 e. The van der Waals surface area contributed by atoms with Crippen molar-refractivity contribution < 1.29 is 9.26 Å². The second-order valence-electron chi connectivity index (χ2n) is 9.13. The van der Waals surface area contributed by atoms with E-state index in [2.05, 4.69) is 57.0 Å². The summed E-state index contributed by atoms with van der Waals surface area (Å²) in [7, 11) is 1.93. The molecule has 4 rings (SSSR count). The zero-order valence-electron chi connectivity index (χ0n) is 18.2. The average Bonchev–Trinajstić information content (AvgIpc) is 3.36. The highest BCUT2D eigenvalue weighted by Crippen LogP contribution is 2.40. The number of nitrogens with zero attached hydrogens (tertiary/aromatic N) is 4. The summed E-state index contributed by atoms with van der Waals surface area (Å²) in [5, 5.41) is 8.55.